The summed E-state index contributed by atoms with van der Waals surface area (Å²) in [4.78, 5) is 11.1. The Balaban J connectivity index is 2.23. The van der Waals surface area contributed by atoms with Gasteiger partial charge in [0.25, 0.3) is 0 Å². The van der Waals surface area contributed by atoms with Crippen LogP contribution in [0.2, 0.25) is 5.02 Å². The van der Waals surface area contributed by atoms with E-state index in [2.05, 4.69) is 5.32 Å². The molecule has 0 unspecified atom stereocenters. The SMILES string of the molecule is Cc1c(S(=O)(=O)Oc2ccc(Cl)cc2)c2c(NC[SH](=O)=O)cccc2n1CC(=O)O. The predicted molar refractivity (Wildman–Crippen MR) is 112 cm³/mol. The van der Waals surface area contributed by atoms with Gasteiger partial charge in [-0.3, -0.25) is 4.79 Å². The third-order valence-electron chi connectivity index (χ3n) is 4.26. The number of carboxylic acids is 1. The van der Waals surface area contributed by atoms with Crippen LogP contribution < -0.4 is 9.50 Å². The molecule has 0 atom stereocenters. The zero-order chi connectivity index (χ0) is 22.1. The van der Waals surface area contributed by atoms with Gasteiger partial charge in [0.2, 0.25) is 0 Å². The fourth-order valence-corrected chi connectivity index (χ4v) is 4.90. The lowest BCUT2D eigenvalue weighted by molar-refractivity contribution is -0.137. The van der Waals surface area contributed by atoms with Gasteiger partial charge in [0, 0.05) is 21.8 Å². The minimum absolute atomic E-state index is 0.0195. The fourth-order valence-electron chi connectivity index (χ4n) is 3.09. The van der Waals surface area contributed by atoms with E-state index in [0.29, 0.717) is 10.5 Å². The number of carbonyl (C=O) groups is 1. The molecule has 9 nitrogen and oxygen atoms in total. The summed E-state index contributed by atoms with van der Waals surface area (Å²) in [6.45, 7) is 0.969. The molecule has 3 aromatic rings. The Kier molecular flexibility index (Phi) is 6.25. The number of fused-ring (bicyclic) bond motifs is 1. The van der Waals surface area contributed by atoms with Crippen LogP contribution in [0.1, 0.15) is 5.69 Å². The average Bonchev–Trinajstić information content (AvgIpc) is 2.94. The molecule has 0 spiro atoms. The Bertz CT molecular complexity index is 1290. The topological polar surface area (TPSA) is 132 Å². The van der Waals surface area contributed by atoms with E-state index in [1.807, 2.05) is 0 Å². The monoisotopic (exact) mass is 472 g/mol. The first-order valence-electron chi connectivity index (χ1n) is 8.49. The van der Waals surface area contributed by atoms with E-state index >= 15 is 0 Å². The van der Waals surface area contributed by atoms with Crippen LogP contribution in [0.4, 0.5) is 5.69 Å². The van der Waals surface area contributed by atoms with Crippen molar-refractivity contribution in [1.29, 1.82) is 0 Å². The van der Waals surface area contributed by atoms with E-state index in [9.17, 15) is 26.7 Å². The van der Waals surface area contributed by atoms with Crippen LogP contribution >= 0.6 is 11.6 Å². The first-order chi connectivity index (χ1) is 14.1. The second-order valence-corrected chi connectivity index (χ2v) is 9.15. The molecule has 3 rings (SSSR count). The van der Waals surface area contributed by atoms with Crippen LogP contribution in [0.25, 0.3) is 10.9 Å². The number of aromatic nitrogens is 1. The Hall–Kier alpha value is -2.76. The number of hydrogen-bond donors (Lipinski definition) is 3. The van der Waals surface area contributed by atoms with Crippen LogP contribution in [0.5, 0.6) is 5.75 Å². The Morgan fingerprint density at radius 1 is 1.20 bits per heavy atom. The molecule has 0 aliphatic rings. The maximum atomic E-state index is 13.1. The van der Waals surface area contributed by atoms with Crippen molar-refractivity contribution in [2.75, 3.05) is 11.2 Å². The second kappa shape index (κ2) is 8.54. The third-order valence-corrected chi connectivity index (χ3v) is 6.34. The first-order valence-corrected chi connectivity index (χ1v) is 11.6. The van der Waals surface area contributed by atoms with Crippen LogP contribution in [0.15, 0.2) is 47.4 Å². The van der Waals surface area contributed by atoms with Crippen molar-refractivity contribution in [3.05, 3.63) is 53.2 Å². The number of benzene rings is 2. The van der Waals surface area contributed by atoms with Crippen LogP contribution in [0, 0.1) is 6.92 Å². The number of carboxylic acid groups (broad SMARTS) is 1. The highest BCUT2D eigenvalue weighted by Gasteiger charge is 2.29. The first kappa shape index (κ1) is 21.9. The van der Waals surface area contributed by atoms with E-state index in [4.69, 9.17) is 15.8 Å². The summed E-state index contributed by atoms with van der Waals surface area (Å²) in [5, 5.41) is 12.5. The van der Waals surface area contributed by atoms with Crippen molar-refractivity contribution < 1.29 is 30.9 Å². The summed E-state index contributed by atoms with van der Waals surface area (Å²) >= 11 is 5.81. The highest BCUT2D eigenvalue weighted by atomic mass is 35.5. The van der Waals surface area contributed by atoms with Crippen molar-refractivity contribution in [3.8, 4) is 5.75 Å². The van der Waals surface area contributed by atoms with Crippen molar-refractivity contribution in [2.24, 2.45) is 0 Å². The summed E-state index contributed by atoms with van der Waals surface area (Å²) in [5.41, 5.74) is 0.665. The zero-order valence-electron chi connectivity index (χ0n) is 15.5. The van der Waals surface area contributed by atoms with Crippen LogP contribution in [-0.4, -0.2) is 38.4 Å². The molecule has 0 saturated heterocycles. The van der Waals surface area contributed by atoms with Crippen molar-refractivity contribution in [3.63, 3.8) is 0 Å². The second-order valence-electron chi connectivity index (χ2n) is 6.25. The lowest BCUT2D eigenvalue weighted by Crippen LogP contribution is -2.14. The molecular formula is C18H17ClN2O7S2. The summed E-state index contributed by atoms with van der Waals surface area (Å²) in [6.07, 6.45) is 0. The molecule has 0 radical (unpaired) electrons. The number of aliphatic carboxylic acids is 1. The van der Waals surface area contributed by atoms with Crippen molar-refractivity contribution in [2.45, 2.75) is 18.4 Å². The lowest BCUT2D eigenvalue weighted by atomic mass is 10.2. The molecule has 1 aromatic heterocycles. The molecule has 0 fully saturated rings. The zero-order valence-corrected chi connectivity index (χ0v) is 18.0. The largest absolute Gasteiger partial charge is 0.480 e. The molecule has 1 heterocycles. The van der Waals surface area contributed by atoms with E-state index in [0.717, 1.165) is 0 Å². The molecule has 12 heteroatoms. The third kappa shape index (κ3) is 4.53. The minimum atomic E-state index is -4.41. The molecule has 30 heavy (non-hydrogen) atoms. The number of nitrogens with zero attached hydrogens (tertiary/aromatic N) is 1. The highest BCUT2D eigenvalue weighted by molar-refractivity contribution is 7.87. The van der Waals surface area contributed by atoms with E-state index < -0.39 is 39.2 Å². The summed E-state index contributed by atoms with van der Waals surface area (Å²) in [5.74, 6) is -1.57. The summed E-state index contributed by atoms with van der Waals surface area (Å²) in [7, 11) is -7.19. The number of anilines is 1. The van der Waals surface area contributed by atoms with Crippen LogP contribution in [0.3, 0.4) is 0 Å². The number of thiol groups is 1. The van der Waals surface area contributed by atoms with Gasteiger partial charge in [-0.1, -0.05) is 17.7 Å². The quantitative estimate of drug-likeness (QED) is 0.336. The van der Waals surface area contributed by atoms with Crippen molar-refractivity contribution >= 4 is 55.0 Å². The van der Waals surface area contributed by atoms with E-state index in [-0.39, 0.29) is 27.4 Å². The molecule has 0 saturated carbocycles. The Morgan fingerprint density at radius 3 is 2.47 bits per heavy atom. The molecule has 0 aliphatic carbocycles. The lowest BCUT2D eigenvalue weighted by Gasteiger charge is -2.10. The molecule has 0 aliphatic heterocycles. The number of halogens is 1. The standard InChI is InChI=1S/C18H17ClN2O7S2/c1-11-18(30(26,27)28-13-7-5-12(19)6-8-13)17-14(20-10-29(24)25)3-2-4-15(17)21(11)9-16(22)23/h2-8,20,29H,9-10H2,1H3,(H,22,23). The summed E-state index contributed by atoms with van der Waals surface area (Å²) < 4.78 is 54.9. The average molecular weight is 473 g/mol. The van der Waals surface area contributed by atoms with Gasteiger partial charge >= 0.3 is 16.1 Å². The van der Waals surface area contributed by atoms with Gasteiger partial charge in [-0.05, 0) is 43.3 Å². The van der Waals surface area contributed by atoms with Gasteiger partial charge in [-0.2, -0.15) is 8.42 Å². The van der Waals surface area contributed by atoms with Crippen molar-refractivity contribution in [1.82, 2.24) is 4.57 Å². The van der Waals surface area contributed by atoms with Crippen LogP contribution in [-0.2, 0) is 32.2 Å². The van der Waals surface area contributed by atoms with Gasteiger partial charge < -0.3 is 19.2 Å². The van der Waals surface area contributed by atoms with Gasteiger partial charge in [-0.15, -0.1) is 0 Å². The molecule has 2 N–H and O–H groups in total. The van der Waals surface area contributed by atoms with Gasteiger partial charge in [0.15, 0.2) is 10.7 Å². The summed E-state index contributed by atoms with van der Waals surface area (Å²) in [6, 6.07) is 10.3. The normalized spacial score (nSPS) is 11.7. The van der Waals surface area contributed by atoms with Gasteiger partial charge in [-0.25, -0.2) is 8.42 Å². The Labute approximate surface area is 178 Å². The maximum Gasteiger partial charge on any atom is 0.341 e. The van der Waals surface area contributed by atoms with E-state index in [1.54, 1.807) is 12.1 Å². The maximum absolute atomic E-state index is 13.1. The Morgan fingerprint density at radius 2 is 1.87 bits per heavy atom. The number of rotatable bonds is 8. The molecule has 2 aromatic carbocycles. The fraction of sp³-hybridized carbons (Fsp3) is 0.167. The van der Waals surface area contributed by atoms with Gasteiger partial charge in [0.1, 0.15) is 23.1 Å². The predicted octanol–water partition coefficient (Wildman–Crippen LogP) is 2.44. The smallest absolute Gasteiger partial charge is 0.341 e. The number of nitrogens with one attached hydrogen (secondary N) is 1. The molecule has 0 amide bonds. The minimum Gasteiger partial charge on any atom is -0.480 e. The van der Waals surface area contributed by atoms with E-state index in [1.165, 1.54) is 41.8 Å². The van der Waals surface area contributed by atoms with Gasteiger partial charge in [0.05, 0.1) is 5.52 Å². The molecule has 160 valence electrons. The highest BCUT2D eigenvalue weighted by Crippen LogP contribution is 2.36. The number of hydrogen-bond acceptors (Lipinski definition) is 7. The molecule has 0 bridgehead atoms. The molecular weight excluding hydrogens is 456 g/mol.